The van der Waals surface area contributed by atoms with E-state index in [2.05, 4.69) is 22.4 Å². The van der Waals surface area contributed by atoms with E-state index in [0.717, 1.165) is 46.2 Å². The number of ether oxygens (including phenoxy) is 3. The normalized spacial score (nSPS) is 14.5. The molecule has 0 saturated heterocycles. The van der Waals surface area contributed by atoms with Crippen molar-refractivity contribution in [1.82, 2.24) is 10.3 Å². The highest BCUT2D eigenvalue weighted by Gasteiger charge is 2.29. The predicted octanol–water partition coefficient (Wildman–Crippen LogP) is 3.52. The zero-order valence-electron chi connectivity index (χ0n) is 17.9. The van der Waals surface area contributed by atoms with Crippen LogP contribution in [0, 0.1) is 0 Å². The zero-order valence-corrected chi connectivity index (χ0v) is 18.7. The van der Waals surface area contributed by atoms with Crippen LogP contribution in [0.2, 0.25) is 0 Å². The molecule has 0 atom stereocenters. The quantitative estimate of drug-likeness (QED) is 0.554. The molecule has 8 heteroatoms. The van der Waals surface area contributed by atoms with Gasteiger partial charge in [-0.3, -0.25) is 4.79 Å². The molecule has 0 radical (unpaired) electrons. The molecule has 3 aromatic rings. The zero-order chi connectivity index (χ0) is 21.9. The van der Waals surface area contributed by atoms with Gasteiger partial charge in [-0.1, -0.05) is 18.2 Å². The van der Waals surface area contributed by atoms with E-state index >= 15 is 0 Å². The molecule has 0 fully saturated rings. The standard InChI is InChI=1S/C24H25N3O4S/c1-29-10-8-25-14-17-15-26-23(32-17)24(28)27-9-7-19-18(3-2-4-20(19)27)16-5-6-21-22(13-16)31-12-11-30-21/h2-6,13,15,25H,7-12,14H2,1H3. The summed E-state index contributed by atoms with van der Waals surface area (Å²) in [5, 5.41) is 3.81. The molecule has 0 unspecified atom stereocenters. The highest BCUT2D eigenvalue weighted by Crippen LogP contribution is 2.40. The van der Waals surface area contributed by atoms with E-state index in [1.165, 1.54) is 16.9 Å². The summed E-state index contributed by atoms with van der Waals surface area (Å²) in [6.07, 6.45) is 2.59. The van der Waals surface area contributed by atoms with Crippen LogP contribution in [0.4, 0.5) is 5.69 Å². The summed E-state index contributed by atoms with van der Waals surface area (Å²) >= 11 is 1.44. The van der Waals surface area contributed by atoms with Crippen LogP contribution in [0.15, 0.2) is 42.6 Å². The summed E-state index contributed by atoms with van der Waals surface area (Å²) < 4.78 is 16.5. The van der Waals surface area contributed by atoms with Crippen LogP contribution in [-0.2, 0) is 17.7 Å². The van der Waals surface area contributed by atoms with Crippen molar-refractivity contribution < 1.29 is 19.0 Å². The minimum Gasteiger partial charge on any atom is -0.486 e. The van der Waals surface area contributed by atoms with Gasteiger partial charge >= 0.3 is 0 Å². The number of nitrogens with zero attached hydrogens (tertiary/aromatic N) is 2. The van der Waals surface area contributed by atoms with Crippen molar-refractivity contribution in [3.8, 4) is 22.6 Å². The molecule has 2 aromatic carbocycles. The molecule has 0 saturated carbocycles. The maximum atomic E-state index is 13.2. The predicted molar refractivity (Wildman–Crippen MR) is 124 cm³/mol. The third-order valence-corrected chi connectivity index (χ3v) is 6.63. The van der Waals surface area contributed by atoms with Crippen molar-refractivity contribution in [2.75, 3.05) is 44.9 Å². The summed E-state index contributed by atoms with van der Waals surface area (Å²) in [6, 6.07) is 12.2. The van der Waals surface area contributed by atoms with E-state index in [0.29, 0.717) is 37.9 Å². The molecule has 5 rings (SSSR count). The fraction of sp³-hybridized carbons (Fsp3) is 0.333. The molecule has 1 aromatic heterocycles. The first kappa shape index (κ1) is 20.9. The van der Waals surface area contributed by atoms with Gasteiger partial charge < -0.3 is 24.4 Å². The average Bonchev–Trinajstić information content (AvgIpc) is 3.48. The van der Waals surface area contributed by atoms with Crippen LogP contribution in [0.1, 0.15) is 20.2 Å². The second-order valence-electron chi connectivity index (χ2n) is 7.67. The summed E-state index contributed by atoms with van der Waals surface area (Å²) in [5.41, 5.74) is 4.32. The molecule has 0 spiro atoms. The van der Waals surface area contributed by atoms with E-state index < -0.39 is 0 Å². The smallest absolute Gasteiger partial charge is 0.287 e. The lowest BCUT2D eigenvalue weighted by Gasteiger charge is -2.20. The number of anilines is 1. The van der Waals surface area contributed by atoms with Crippen molar-refractivity contribution in [2.45, 2.75) is 13.0 Å². The maximum absolute atomic E-state index is 13.2. The minimum atomic E-state index is -0.0452. The summed E-state index contributed by atoms with van der Waals surface area (Å²) in [4.78, 5) is 20.5. The van der Waals surface area contributed by atoms with Gasteiger partial charge in [0, 0.05) is 43.5 Å². The van der Waals surface area contributed by atoms with Crippen LogP contribution in [0.25, 0.3) is 11.1 Å². The van der Waals surface area contributed by atoms with Crippen LogP contribution in [0.3, 0.4) is 0 Å². The first-order valence-electron chi connectivity index (χ1n) is 10.7. The van der Waals surface area contributed by atoms with Gasteiger partial charge in [-0.25, -0.2) is 4.98 Å². The number of thiazole rings is 1. The first-order chi connectivity index (χ1) is 15.7. The number of rotatable bonds is 7. The number of hydrogen-bond donors (Lipinski definition) is 1. The lowest BCUT2D eigenvalue weighted by atomic mass is 9.97. The Morgan fingerprint density at radius 3 is 2.97 bits per heavy atom. The van der Waals surface area contributed by atoms with E-state index in [1.807, 2.05) is 29.2 Å². The highest BCUT2D eigenvalue weighted by molar-refractivity contribution is 7.13. The molecule has 1 amide bonds. The molecule has 0 bridgehead atoms. The average molecular weight is 452 g/mol. The fourth-order valence-electron chi connectivity index (χ4n) is 4.12. The molecule has 32 heavy (non-hydrogen) atoms. The molecule has 0 aliphatic carbocycles. The lowest BCUT2D eigenvalue weighted by Crippen LogP contribution is -2.28. The Balaban J connectivity index is 1.36. The number of aromatic nitrogens is 1. The van der Waals surface area contributed by atoms with Gasteiger partial charge in [0.2, 0.25) is 0 Å². The number of carbonyl (C=O) groups excluding carboxylic acids is 1. The number of amides is 1. The Hall–Kier alpha value is -2.94. The van der Waals surface area contributed by atoms with Crippen molar-refractivity contribution in [3.63, 3.8) is 0 Å². The molecule has 7 nitrogen and oxygen atoms in total. The number of nitrogens with one attached hydrogen (secondary N) is 1. The van der Waals surface area contributed by atoms with Gasteiger partial charge in [-0.15, -0.1) is 11.3 Å². The number of fused-ring (bicyclic) bond motifs is 2. The van der Waals surface area contributed by atoms with E-state index in [1.54, 1.807) is 13.3 Å². The van der Waals surface area contributed by atoms with E-state index in [9.17, 15) is 4.79 Å². The van der Waals surface area contributed by atoms with Gasteiger partial charge in [-0.2, -0.15) is 0 Å². The number of carbonyl (C=O) groups is 1. The third-order valence-electron chi connectivity index (χ3n) is 5.64. The molecule has 166 valence electrons. The fourth-order valence-corrected chi connectivity index (χ4v) is 4.95. The number of hydrogen-bond acceptors (Lipinski definition) is 7. The summed E-state index contributed by atoms with van der Waals surface area (Å²) in [7, 11) is 1.68. The van der Waals surface area contributed by atoms with Crippen LogP contribution in [0.5, 0.6) is 11.5 Å². The molecule has 3 heterocycles. The van der Waals surface area contributed by atoms with Gasteiger partial charge in [0.05, 0.1) is 6.61 Å². The number of methoxy groups -OCH3 is 1. The largest absolute Gasteiger partial charge is 0.486 e. The van der Waals surface area contributed by atoms with Crippen molar-refractivity contribution >= 4 is 22.9 Å². The molecule has 2 aliphatic heterocycles. The Labute approximate surface area is 190 Å². The summed E-state index contributed by atoms with van der Waals surface area (Å²) in [6.45, 7) is 3.88. The lowest BCUT2D eigenvalue weighted by molar-refractivity contribution is 0.0989. The Morgan fingerprint density at radius 2 is 2.09 bits per heavy atom. The molecular formula is C24H25N3O4S. The Kier molecular flexibility index (Phi) is 6.07. The number of benzene rings is 2. The van der Waals surface area contributed by atoms with Gasteiger partial charge in [0.25, 0.3) is 5.91 Å². The van der Waals surface area contributed by atoms with Crippen LogP contribution < -0.4 is 19.7 Å². The second-order valence-corrected chi connectivity index (χ2v) is 8.78. The van der Waals surface area contributed by atoms with E-state index in [-0.39, 0.29) is 5.91 Å². The SMILES string of the molecule is COCCNCc1cnc(C(=O)N2CCc3c(-c4ccc5c(c4)OCCO5)cccc32)s1. The molecule has 1 N–H and O–H groups in total. The Morgan fingerprint density at radius 1 is 1.22 bits per heavy atom. The van der Waals surface area contributed by atoms with Crippen molar-refractivity contribution in [1.29, 1.82) is 0 Å². The topological polar surface area (TPSA) is 72.9 Å². The van der Waals surface area contributed by atoms with Crippen molar-refractivity contribution in [2.24, 2.45) is 0 Å². The van der Waals surface area contributed by atoms with Crippen LogP contribution >= 0.6 is 11.3 Å². The molecule has 2 aliphatic rings. The van der Waals surface area contributed by atoms with Gasteiger partial charge in [0.1, 0.15) is 13.2 Å². The van der Waals surface area contributed by atoms with Gasteiger partial charge in [0.15, 0.2) is 16.5 Å². The van der Waals surface area contributed by atoms with Crippen LogP contribution in [-0.4, -0.2) is 50.9 Å². The second kappa shape index (κ2) is 9.28. The molecular weight excluding hydrogens is 426 g/mol. The first-order valence-corrected chi connectivity index (χ1v) is 11.5. The van der Waals surface area contributed by atoms with E-state index in [4.69, 9.17) is 14.2 Å². The minimum absolute atomic E-state index is 0.0452. The maximum Gasteiger partial charge on any atom is 0.287 e. The van der Waals surface area contributed by atoms with Gasteiger partial charge in [-0.05, 0) is 41.3 Å². The monoisotopic (exact) mass is 451 g/mol. The third kappa shape index (κ3) is 4.09. The highest BCUT2D eigenvalue weighted by atomic mass is 32.1. The summed E-state index contributed by atoms with van der Waals surface area (Å²) in [5.74, 6) is 1.50. The van der Waals surface area contributed by atoms with Crippen molar-refractivity contribution in [3.05, 3.63) is 58.0 Å². The Bertz CT molecular complexity index is 1130.